The van der Waals surface area contributed by atoms with E-state index in [1.165, 1.54) is 25.3 Å². The number of nitrogens with two attached hydrogens (primary N) is 1. The van der Waals surface area contributed by atoms with E-state index in [1.54, 1.807) is 11.3 Å². The monoisotopic (exact) mass is 412 g/mol. The zero-order chi connectivity index (χ0) is 20.8. The molecule has 1 heterocycles. The van der Waals surface area contributed by atoms with Crippen molar-refractivity contribution in [2.24, 2.45) is 0 Å². The van der Waals surface area contributed by atoms with E-state index in [-0.39, 0.29) is 23.3 Å². The molecule has 0 unspecified atom stereocenters. The van der Waals surface area contributed by atoms with Crippen molar-refractivity contribution in [1.82, 2.24) is 0 Å². The fourth-order valence-corrected chi connectivity index (χ4v) is 3.86. The van der Waals surface area contributed by atoms with Crippen LogP contribution in [0.4, 0.5) is 11.4 Å². The maximum absolute atomic E-state index is 12.8. The van der Waals surface area contributed by atoms with Gasteiger partial charge in [0.2, 0.25) is 0 Å². The molecule has 0 radical (unpaired) electrons. The van der Waals surface area contributed by atoms with Gasteiger partial charge in [0.25, 0.3) is 11.6 Å². The largest absolute Gasteiger partial charge is 0.495 e. The fraction of sp³-hybridized carbons (Fsp3) is 0.190. The average Bonchev–Trinajstić information content (AvgIpc) is 3.26. The summed E-state index contributed by atoms with van der Waals surface area (Å²) in [5.74, 6) is 0.107. The van der Waals surface area contributed by atoms with E-state index in [1.807, 2.05) is 60.1 Å². The molecule has 1 amide bonds. The van der Waals surface area contributed by atoms with E-state index < -0.39 is 11.0 Å². The van der Waals surface area contributed by atoms with Crippen molar-refractivity contribution < 1.29 is 19.8 Å². The van der Waals surface area contributed by atoms with Crippen LogP contribution in [-0.4, -0.2) is 24.0 Å². The molecule has 3 rings (SSSR count). The molecular formula is C21H22N3O4S+. The topological polar surface area (TPSA) is 98.1 Å². The van der Waals surface area contributed by atoms with Crippen LogP contribution in [0, 0.1) is 10.1 Å². The van der Waals surface area contributed by atoms with Crippen LogP contribution in [0.5, 0.6) is 5.75 Å². The molecule has 0 aliphatic heterocycles. The Morgan fingerprint density at radius 2 is 1.93 bits per heavy atom. The van der Waals surface area contributed by atoms with Gasteiger partial charge in [-0.1, -0.05) is 36.4 Å². The van der Waals surface area contributed by atoms with Gasteiger partial charge in [-0.05, 0) is 24.4 Å². The third-order valence-electron chi connectivity index (χ3n) is 4.55. The molecule has 0 spiro atoms. The van der Waals surface area contributed by atoms with Crippen molar-refractivity contribution in [2.75, 3.05) is 12.4 Å². The predicted octanol–water partition coefficient (Wildman–Crippen LogP) is 3.34. The van der Waals surface area contributed by atoms with Crippen molar-refractivity contribution in [1.29, 1.82) is 0 Å². The fourth-order valence-electron chi connectivity index (χ4n) is 3.03. The van der Waals surface area contributed by atoms with Gasteiger partial charge < -0.3 is 15.4 Å². The maximum Gasteiger partial charge on any atom is 0.282 e. The van der Waals surface area contributed by atoms with Gasteiger partial charge in [0.15, 0.2) is 6.04 Å². The van der Waals surface area contributed by atoms with E-state index >= 15 is 0 Å². The van der Waals surface area contributed by atoms with Gasteiger partial charge in [0.1, 0.15) is 11.8 Å². The first-order valence-corrected chi connectivity index (χ1v) is 9.94. The highest BCUT2D eigenvalue weighted by Gasteiger charge is 2.26. The molecule has 150 valence electrons. The summed E-state index contributed by atoms with van der Waals surface area (Å²) in [6.07, 6.45) is 0. The molecule has 0 saturated heterocycles. The summed E-state index contributed by atoms with van der Waals surface area (Å²) in [4.78, 5) is 24.5. The minimum absolute atomic E-state index is 0.0241. The van der Waals surface area contributed by atoms with Crippen LogP contribution >= 0.6 is 11.3 Å². The average molecular weight is 412 g/mol. The number of nitro benzene ring substituents is 1. The summed E-state index contributed by atoms with van der Waals surface area (Å²) >= 11 is 1.64. The first-order chi connectivity index (χ1) is 14.0. The SMILES string of the molecule is COc1ccc([N+](=O)[O-])cc1NC(=O)[C@@H](C)[NH2+][C@H](c1ccccc1)c1cccs1. The molecule has 8 heteroatoms. The normalized spacial score (nSPS) is 12.8. The zero-order valence-electron chi connectivity index (χ0n) is 16.1. The van der Waals surface area contributed by atoms with Crippen LogP contribution in [0.25, 0.3) is 0 Å². The van der Waals surface area contributed by atoms with Crippen LogP contribution in [0.3, 0.4) is 0 Å². The zero-order valence-corrected chi connectivity index (χ0v) is 16.9. The molecule has 7 nitrogen and oxygen atoms in total. The number of hydrogen-bond acceptors (Lipinski definition) is 5. The van der Waals surface area contributed by atoms with E-state index in [0.29, 0.717) is 5.75 Å². The van der Waals surface area contributed by atoms with Crippen LogP contribution in [0.1, 0.15) is 23.4 Å². The van der Waals surface area contributed by atoms with E-state index in [4.69, 9.17) is 4.74 Å². The Hall–Kier alpha value is -3.23. The molecule has 0 fully saturated rings. The lowest BCUT2D eigenvalue weighted by atomic mass is 10.0. The van der Waals surface area contributed by atoms with Gasteiger partial charge in [-0.3, -0.25) is 14.9 Å². The van der Waals surface area contributed by atoms with Crippen LogP contribution in [0.15, 0.2) is 66.0 Å². The number of benzene rings is 2. The van der Waals surface area contributed by atoms with Crippen LogP contribution < -0.4 is 15.4 Å². The number of carbonyl (C=O) groups excluding carboxylic acids is 1. The van der Waals surface area contributed by atoms with Gasteiger partial charge in [-0.15, -0.1) is 11.3 Å². The first-order valence-electron chi connectivity index (χ1n) is 9.06. The lowest BCUT2D eigenvalue weighted by molar-refractivity contribution is -0.703. The number of nitrogens with zero attached hydrogens (tertiary/aromatic N) is 1. The Labute approximate surface area is 172 Å². The summed E-state index contributed by atoms with van der Waals surface area (Å²) in [6.45, 7) is 1.81. The Morgan fingerprint density at radius 1 is 1.17 bits per heavy atom. The van der Waals surface area contributed by atoms with Crippen molar-refractivity contribution >= 4 is 28.6 Å². The number of nitro groups is 1. The molecule has 29 heavy (non-hydrogen) atoms. The Balaban J connectivity index is 1.79. The highest BCUT2D eigenvalue weighted by molar-refractivity contribution is 7.10. The summed E-state index contributed by atoms with van der Waals surface area (Å²) in [5, 5.41) is 17.8. The number of ether oxygens (including phenoxy) is 1. The van der Waals surface area contributed by atoms with Crippen LogP contribution in [-0.2, 0) is 4.79 Å². The number of amides is 1. The van der Waals surface area contributed by atoms with Crippen molar-refractivity contribution in [3.8, 4) is 5.75 Å². The van der Waals surface area contributed by atoms with Crippen molar-refractivity contribution in [2.45, 2.75) is 19.0 Å². The van der Waals surface area contributed by atoms with Gasteiger partial charge in [-0.2, -0.15) is 0 Å². The Morgan fingerprint density at radius 3 is 2.55 bits per heavy atom. The minimum atomic E-state index is -0.507. The highest BCUT2D eigenvalue weighted by Crippen LogP contribution is 2.29. The molecule has 0 aliphatic rings. The third kappa shape index (κ3) is 4.98. The summed E-state index contributed by atoms with van der Waals surface area (Å²) in [6, 6.07) is 17.7. The third-order valence-corrected chi connectivity index (χ3v) is 5.51. The van der Waals surface area contributed by atoms with E-state index in [2.05, 4.69) is 5.32 Å². The van der Waals surface area contributed by atoms with E-state index in [0.717, 1.165) is 10.4 Å². The molecule has 2 aromatic carbocycles. The molecule has 2 atom stereocenters. The highest BCUT2D eigenvalue weighted by atomic mass is 32.1. The standard InChI is InChI=1S/C21H21N3O4S/c1-14(21(25)23-17-13-16(24(26)27)10-11-18(17)28-2)22-20(19-9-6-12-29-19)15-7-4-3-5-8-15/h3-14,20,22H,1-2H3,(H,23,25)/p+1/t14-,20-/m1/s1. The molecular weight excluding hydrogens is 390 g/mol. The number of thiophene rings is 1. The molecule has 1 aromatic heterocycles. The van der Waals surface area contributed by atoms with Crippen LogP contribution in [0.2, 0.25) is 0 Å². The smallest absolute Gasteiger partial charge is 0.282 e. The first kappa shape index (κ1) is 20.5. The second kappa shape index (κ2) is 9.31. The molecule has 0 aliphatic carbocycles. The number of quaternary nitrogens is 1. The second-order valence-corrected chi connectivity index (χ2v) is 7.50. The van der Waals surface area contributed by atoms with Gasteiger partial charge >= 0.3 is 0 Å². The Bertz CT molecular complexity index is 977. The predicted molar refractivity (Wildman–Crippen MR) is 112 cm³/mol. The second-order valence-electron chi connectivity index (χ2n) is 6.52. The number of rotatable bonds is 8. The van der Waals surface area contributed by atoms with Gasteiger partial charge in [0, 0.05) is 17.7 Å². The molecule has 3 N–H and O–H groups in total. The van der Waals surface area contributed by atoms with E-state index in [9.17, 15) is 14.9 Å². The number of anilines is 1. The maximum atomic E-state index is 12.8. The van der Waals surface area contributed by atoms with Gasteiger partial charge in [-0.25, -0.2) is 0 Å². The van der Waals surface area contributed by atoms with Crippen molar-refractivity contribution in [3.05, 3.63) is 86.6 Å². The summed E-state index contributed by atoms with van der Waals surface area (Å²) < 4.78 is 5.22. The number of non-ortho nitro benzene ring substituents is 1. The van der Waals surface area contributed by atoms with Crippen molar-refractivity contribution in [3.63, 3.8) is 0 Å². The lowest BCUT2D eigenvalue weighted by Gasteiger charge is -2.20. The number of hydrogen-bond donors (Lipinski definition) is 2. The summed E-state index contributed by atoms with van der Waals surface area (Å²) in [5.41, 5.74) is 1.26. The molecule has 3 aromatic rings. The number of carbonyl (C=O) groups is 1. The molecule has 0 bridgehead atoms. The summed E-state index contributed by atoms with van der Waals surface area (Å²) in [7, 11) is 1.45. The lowest BCUT2D eigenvalue weighted by Crippen LogP contribution is -2.92. The minimum Gasteiger partial charge on any atom is -0.495 e. The molecule has 0 saturated carbocycles. The Kier molecular flexibility index (Phi) is 6.58. The number of methoxy groups -OCH3 is 1. The van der Waals surface area contributed by atoms with Gasteiger partial charge in [0.05, 0.1) is 22.6 Å². The number of nitrogens with one attached hydrogen (secondary N) is 1. The quantitative estimate of drug-likeness (QED) is 0.438.